The van der Waals surface area contributed by atoms with E-state index in [9.17, 15) is 4.79 Å². The number of rotatable bonds is 3. The molecule has 1 aromatic rings. The maximum Gasteiger partial charge on any atom is 0.358 e. The molecule has 1 aromatic heterocycles. The normalized spacial score (nSPS) is 12.8. The van der Waals surface area contributed by atoms with Crippen molar-refractivity contribution in [3.8, 4) is 0 Å². The average Bonchev–Trinajstić information content (AvgIpc) is 2.46. The number of hydrogen-bond donors (Lipinski definition) is 1. The van der Waals surface area contributed by atoms with Gasteiger partial charge in [0.1, 0.15) is 5.69 Å². The fourth-order valence-electron chi connectivity index (χ4n) is 1.08. The van der Waals surface area contributed by atoms with E-state index in [1.54, 1.807) is 14.0 Å². The van der Waals surface area contributed by atoms with E-state index in [2.05, 4.69) is 10.3 Å². The van der Waals surface area contributed by atoms with Crippen LogP contribution in [0.3, 0.4) is 0 Å². The van der Waals surface area contributed by atoms with E-state index < -0.39 is 5.97 Å². The minimum Gasteiger partial charge on any atom is -0.476 e. The first-order valence-electron chi connectivity index (χ1n) is 3.73. The van der Waals surface area contributed by atoms with Gasteiger partial charge in [-0.15, -0.1) is 5.10 Å². The molecule has 1 unspecified atom stereocenters. The van der Waals surface area contributed by atoms with Crippen LogP contribution < -0.4 is 0 Å². The highest BCUT2D eigenvalue weighted by Crippen LogP contribution is 2.17. The van der Waals surface area contributed by atoms with Gasteiger partial charge < -0.3 is 9.84 Å². The minimum atomic E-state index is -1.09. The lowest BCUT2D eigenvalue weighted by Gasteiger charge is -2.09. The first-order chi connectivity index (χ1) is 6.07. The zero-order chi connectivity index (χ0) is 10.0. The third-order valence-electron chi connectivity index (χ3n) is 1.81. The summed E-state index contributed by atoms with van der Waals surface area (Å²) in [6.45, 7) is 1.74. The third kappa shape index (κ3) is 1.67. The Bertz CT molecular complexity index is 321. The molecule has 1 atom stereocenters. The van der Waals surface area contributed by atoms with Crippen molar-refractivity contribution >= 4 is 5.97 Å². The average molecular weight is 185 g/mol. The number of aromatic nitrogens is 3. The summed E-state index contributed by atoms with van der Waals surface area (Å²) >= 11 is 0. The Morgan fingerprint density at radius 3 is 2.77 bits per heavy atom. The monoisotopic (exact) mass is 185 g/mol. The molecular weight excluding hydrogens is 174 g/mol. The topological polar surface area (TPSA) is 77.2 Å². The van der Waals surface area contributed by atoms with E-state index in [4.69, 9.17) is 9.84 Å². The number of carbonyl (C=O) groups is 1. The maximum atomic E-state index is 10.7. The van der Waals surface area contributed by atoms with E-state index in [1.807, 2.05) is 0 Å². The SMILES string of the molecule is COC(C)c1c(C(=O)O)nnn1C. The van der Waals surface area contributed by atoms with Crippen molar-refractivity contribution in [3.63, 3.8) is 0 Å². The van der Waals surface area contributed by atoms with Crippen LogP contribution in [-0.2, 0) is 11.8 Å². The van der Waals surface area contributed by atoms with Gasteiger partial charge in [0.25, 0.3) is 0 Å². The molecule has 0 fully saturated rings. The number of hydrogen-bond acceptors (Lipinski definition) is 4. The number of aromatic carboxylic acids is 1. The van der Waals surface area contributed by atoms with E-state index >= 15 is 0 Å². The Morgan fingerprint density at radius 1 is 1.69 bits per heavy atom. The maximum absolute atomic E-state index is 10.7. The molecule has 0 amide bonds. The number of carboxylic acid groups (broad SMARTS) is 1. The molecule has 6 nitrogen and oxygen atoms in total. The second-order valence-corrected chi connectivity index (χ2v) is 2.63. The lowest BCUT2D eigenvalue weighted by Crippen LogP contribution is -2.09. The Labute approximate surface area is 75.1 Å². The summed E-state index contributed by atoms with van der Waals surface area (Å²) in [5, 5.41) is 15.9. The summed E-state index contributed by atoms with van der Waals surface area (Å²) in [6.07, 6.45) is -0.328. The van der Waals surface area contributed by atoms with E-state index in [1.165, 1.54) is 11.8 Å². The molecule has 1 heterocycles. The number of methoxy groups -OCH3 is 1. The molecule has 0 spiro atoms. The largest absolute Gasteiger partial charge is 0.476 e. The molecule has 0 aliphatic rings. The Balaban J connectivity index is 3.15. The first kappa shape index (κ1) is 9.66. The van der Waals surface area contributed by atoms with Crippen LogP contribution in [0.25, 0.3) is 0 Å². The number of aryl methyl sites for hydroxylation is 1. The zero-order valence-corrected chi connectivity index (χ0v) is 7.68. The van der Waals surface area contributed by atoms with E-state index in [0.717, 1.165) is 0 Å². The highest BCUT2D eigenvalue weighted by atomic mass is 16.5. The molecule has 0 saturated heterocycles. The second-order valence-electron chi connectivity index (χ2n) is 2.63. The van der Waals surface area contributed by atoms with E-state index in [0.29, 0.717) is 5.69 Å². The molecule has 0 aliphatic heterocycles. The second kappa shape index (κ2) is 3.53. The fourth-order valence-corrected chi connectivity index (χ4v) is 1.08. The van der Waals surface area contributed by atoms with Gasteiger partial charge in [-0.05, 0) is 6.92 Å². The number of ether oxygens (including phenoxy) is 1. The summed E-state index contributed by atoms with van der Waals surface area (Å²) in [6, 6.07) is 0. The number of carboxylic acids is 1. The highest BCUT2D eigenvalue weighted by Gasteiger charge is 2.21. The Morgan fingerprint density at radius 2 is 2.31 bits per heavy atom. The standard InChI is InChI=1S/C7H11N3O3/c1-4(13-3)6-5(7(11)12)8-9-10(6)2/h4H,1-3H3,(H,11,12). The van der Waals surface area contributed by atoms with Crippen molar-refractivity contribution in [1.82, 2.24) is 15.0 Å². The van der Waals surface area contributed by atoms with Crippen LogP contribution >= 0.6 is 0 Å². The van der Waals surface area contributed by atoms with Gasteiger partial charge in [0, 0.05) is 14.2 Å². The predicted octanol–water partition coefficient (Wildman–Crippen LogP) is 0.221. The molecule has 1 rings (SSSR count). The van der Waals surface area contributed by atoms with Crippen LogP contribution in [-0.4, -0.2) is 33.2 Å². The van der Waals surface area contributed by atoms with Crippen LogP contribution in [0, 0.1) is 0 Å². The van der Waals surface area contributed by atoms with Gasteiger partial charge in [-0.25, -0.2) is 9.48 Å². The fraction of sp³-hybridized carbons (Fsp3) is 0.571. The summed E-state index contributed by atoms with van der Waals surface area (Å²) < 4.78 is 6.40. The van der Waals surface area contributed by atoms with Crippen molar-refractivity contribution in [2.45, 2.75) is 13.0 Å². The molecule has 72 valence electrons. The van der Waals surface area contributed by atoms with Gasteiger partial charge in [-0.2, -0.15) is 0 Å². The predicted molar refractivity (Wildman–Crippen MR) is 43.4 cm³/mol. The summed E-state index contributed by atoms with van der Waals surface area (Å²) in [4.78, 5) is 10.7. The summed E-state index contributed by atoms with van der Waals surface area (Å²) in [5.74, 6) is -1.09. The van der Waals surface area contributed by atoms with Gasteiger partial charge in [-0.3, -0.25) is 0 Å². The van der Waals surface area contributed by atoms with Gasteiger partial charge in [0.05, 0.1) is 6.10 Å². The summed E-state index contributed by atoms with van der Waals surface area (Å²) in [5.41, 5.74) is 0.409. The van der Waals surface area contributed by atoms with Crippen molar-refractivity contribution in [3.05, 3.63) is 11.4 Å². The molecule has 0 aromatic carbocycles. The molecule has 0 aliphatic carbocycles. The smallest absolute Gasteiger partial charge is 0.358 e. The molecule has 0 saturated carbocycles. The molecule has 1 N–H and O–H groups in total. The van der Waals surface area contributed by atoms with Crippen LogP contribution in [0.5, 0.6) is 0 Å². The van der Waals surface area contributed by atoms with Gasteiger partial charge in [-0.1, -0.05) is 5.21 Å². The van der Waals surface area contributed by atoms with Gasteiger partial charge >= 0.3 is 5.97 Å². The van der Waals surface area contributed by atoms with Crippen LogP contribution in [0.15, 0.2) is 0 Å². The zero-order valence-electron chi connectivity index (χ0n) is 7.68. The van der Waals surface area contributed by atoms with Crippen molar-refractivity contribution in [2.24, 2.45) is 7.05 Å². The quantitative estimate of drug-likeness (QED) is 0.728. The highest BCUT2D eigenvalue weighted by molar-refractivity contribution is 5.86. The molecule has 13 heavy (non-hydrogen) atoms. The van der Waals surface area contributed by atoms with Gasteiger partial charge in [0.2, 0.25) is 0 Å². The summed E-state index contributed by atoms with van der Waals surface area (Å²) in [7, 11) is 3.13. The third-order valence-corrected chi connectivity index (χ3v) is 1.81. The molecular formula is C7H11N3O3. The van der Waals surface area contributed by atoms with Crippen LogP contribution in [0.2, 0.25) is 0 Å². The lowest BCUT2D eigenvalue weighted by molar-refractivity contribution is 0.0674. The molecule has 0 bridgehead atoms. The lowest BCUT2D eigenvalue weighted by atomic mass is 10.2. The van der Waals surface area contributed by atoms with Crippen LogP contribution in [0.4, 0.5) is 0 Å². The van der Waals surface area contributed by atoms with E-state index in [-0.39, 0.29) is 11.8 Å². The van der Waals surface area contributed by atoms with Crippen molar-refractivity contribution in [2.75, 3.05) is 7.11 Å². The van der Waals surface area contributed by atoms with Crippen molar-refractivity contribution in [1.29, 1.82) is 0 Å². The van der Waals surface area contributed by atoms with Gasteiger partial charge in [0.15, 0.2) is 5.69 Å². The van der Waals surface area contributed by atoms with Crippen LogP contribution in [0.1, 0.15) is 29.2 Å². The minimum absolute atomic E-state index is 0.0585. The molecule has 0 radical (unpaired) electrons. The molecule has 6 heteroatoms. The first-order valence-corrected chi connectivity index (χ1v) is 3.73. The Hall–Kier alpha value is -1.43. The van der Waals surface area contributed by atoms with Crippen molar-refractivity contribution < 1.29 is 14.6 Å². The number of nitrogens with zero attached hydrogens (tertiary/aromatic N) is 3. The Kier molecular flexibility index (Phi) is 2.62.